The maximum absolute atomic E-state index is 9.08. The van der Waals surface area contributed by atoms with Gasteiger partial charge in [-0.25, -0.2) is 4.98 Å². The van der Waals surface area contributed by atoms with Gasteiger partial charge >= 0.3 is 0 Å². The second-order valence-electron chi connectivity index (χ2n) is 15.6. The Bertz CT molecular complexity index is 3730. The van der Waals surface area contributed by atoms with Gasteiger partial charge in [-0.1, -0.05) is 164 Å². The molecule has 0 atom stereocenters. The highest BCUT2D eigenvalue weighted by atomic mass is 15.4. The number of anilines is 4. The molecule has 0 bridgehead atoms. The fourth-order valence-corrected chi connectivity index (χ4v) is 9.33. The van der Waals surface area contributed by atoms with Gasteiger partial charge in [0, 0.05) is 33.8 Å². The summed E-state index contributed by atoms with van der Waals surface area (Å²) in [6.45, 7) is 0.400. The van der Waals surface area contributed by atoms with Crippen LogP contribution >= 0.6 is 0 Å². The van der Waals surface area contributed by atoms with Crippen LogP contribution in [0.3, 0.4) is 0 Å². The summed E-state index contributed by atoms with van der Waals surface area (Å²) in [6, 6.07) is 65.7. The summed E-state index contributed by atoms with van der Waals surface area (Å²) in [7, 11) is 0. The van der Waals surface area contributed by atoms with Crippen LogP contribution in [-0.4, -0.2) is 16.2 Å². The molecule has 62 heavy (non-hydrogen) atoms. The molecule has 2 aromatic heterocycles. The molecule has 3 heterocycles. The quantitative estimate of drug-likeness (QED) is 0.161. The van der Waals surface area contributed by atoms with Crippen LogP contribution in [0.1, 0.15) is 6.85 Å². The molecule has 1 aliphatic rings. The largest absolute Gasteiger partial charge is 0.321 e. The Labute approximate surface area is 367 Å². The van der Waals surface area contributed by atoms with Crippen LogP contribution < -0.4 is 9.80 Å². The first kappa shape index (κ1) is 30.8. The van der Waals surface area contributed by atoms with Crippen LogP contribution in [0.2, 0.25) is 0 Å². The van der Waals surface area contributed by atoms with E-state index in [-0.39, 0.29) is 29.7 Å². The van der Waals surface area contributed by atoms with E-state index < -0.39 is 6.04 Å². The zero-order valence-electron chi connectivity index (χ0n) is 38.5. The van der Waals surface area contributed by atoms with Crippen molar-refractivity contribution in [1.29, 1.82) is 0 Å². The van der Waals surface area contributed by atoms with Crippen molar-refractivity contribution in [2.75, 3.05) is 16.5 Å². The highest BCUT2D eigenvalue weighted by Gasteiger charge is 2.31. The third-order valence-corrected chi connectivity index (χ3v) is 12.1. The molecule has 0 amide bonds. The molecule has 0 fully saturated rings. The van der Waals surface area contributed by atoms with Crippen molar-refractivity contribution in [2.24, 2.45) is 0 Å². The summed E-state index contributed by atoms with van der Waals surface area (Å²) in [5, 5.41) is 4.63. The number of aromatic nitrogens is 2. The van der Waals surface area contributed by atoms with E-state index >= 15 is 0 Å². The molecular weight excluding hydrogens is 753 g/mol. The van der Waals surface area contributed by atoms with Crippen molar-refractivity contribution in [2.45, 2.75) is 0 Å². The number of pyridine rings is 1. The number of nitrogens with zero attached hydrogens (tertiary/aromatic N) is 4. The standard InChI is InChI=1S/C58H40N4/c1-3-17-40(18-4-1)47-26-16-27-48(41-19-5-2-6-20-41)58(47)61-39-60(54-29-11-12-30-55(54)61)46-24-15-23-44(35-46)51-36-42-21-7-8-22-43(42)37-52(51)45-32-33-50-49-25-9-10-28-53(49)62(56(50)38-45)57-31-13-14-34-59-57/h1-38H,39H2/i1D,3D,4D,17D,18D. The van der Waals surface area contributed by atoms with Gasteiger partial charge in [0.2, 0.25) is 0 Å². The molecule has 9 aromatic carbocycles. The third kappa shape index (κ3) is 5.95. The first-order valence-electron chi connectivity index (χ1n) is 23.3. The van der Waals surface area contributed by atoms with E-state index in [1.807, 2.05) is 79.0 Å². The molecule has 0 saturated heterocycles. The number of rotatable bonds is 7. The highest BCUT2D eigenvalue weighted by molar-refractivity contribution is 6.11. The van der Waals surface area contributed by atoms with E-state index in [0.29, 0.717) is 12.2 Å². The maximum Gasteiger partial charge on any atom is 0.137 e. The van der Waals surface area contributed by atoms with Crippen LogP contribution in [0.4, 0.5) is 22.7 Å². The maximum atomic E-state index is 9.08. The number of hydrogen-bond donors (Lipinski definition) is 0. The lowest BCUT2D eigenvalue weighted by atomic mass is 9.91. The highest BCUT2D eigenvalue weighted by Crippen LogP contribution is 2.50. The second kappa shape index (κ2) is 14.8. The Morgan fingerprint density at radius 1 is 0.419 bits per heavy atom. The average Bonchev–Trinajstić information content (AvgIpc) is 3.93. The van der Waals surface area contributed by atoms with Gasteiger partial charge in [-0.15, -0.1) is 0 Å². The number of para-hydroxylation sites is 4. The molecule has 1 aliphatic heterocycles. The lowest BCUT2D eigenvalue weighted by molar-refractivity contribution is 0.993. The van der Waals surface area contributed by atoms with Crippen LogP contribution in [0.5, 0.6) is 0 Å². The van der Waals surface area contributed by atoms with Gasteiger partial charge in [0.05, 0.1) is 34.9 Å². The summed E-state index contributed by atoms with van der Waals surface area (Å²) in [5.41, 5.74) is 12.8. The fourth-order valence-electron chi connectivity index (χ4n) is 9.33. The first-order chi connectivity index (χ1) is 32.8. The zero-order valence-corrected chi connectivity index (χ0v) is 33.5. The normalized spacial score (nSPS) is 13.5. The summed E-state index contributed by atoms with van der Waals surface area (Å²) >= 11 is 0. The van der Waals surface area contributed by atoms with Crippen LogP contribution in [-0.2, 0) is 0 Å². The molecule has 11 aromatic rings. The van der Waals surface area contributed by atoms with Gasteiger partial charge in [0.1, 0.15) is 12.5 Å². The summed E-state index contributed by atoms with van der Waals surface area (Å²) in [6.07, 6.45) is 1.84. The van der Waals surface area contributed by atoms with E-state index in [9.17, 15) is 0 Å². The van der Waals surface area contributed by atoms with Crippen molar-refractivity contribution < 1.29 is 6.85 Å². The summed E-state index contributed by atoms with van der Waals surface area (Å²) < 4.78 is 46.0. The van der Waals surface area contributed by atoms with Crippen LogP contribution in [0, 0.1) is 0 Å². The molecule has 0 unspecified atom stereocenters. The Kier molecular flexibility index (Phi) is 7.35. The number of benzene rings is 9. The molecule has 0 N–H and O–H groups in total. The molecule has 0 radical (unpaired) electrons. The van der Waals surface area contributed by atoms with Crippen molar-refractivity contribution in [3.8, 4) is 50.3 Å². The van der Waals surface area contributed by atoms with E-state index in [1.165, 1.54) is 5.39 Å². The van der Waals surface area contributed by atoms with E-state index in [0.717, 1.165) is 89.1 Å². The van der Waals surface area contributed by atoms with E-state index in [1.54, 1.807) is 0 Å². The Morgan fingerprint density at radius 2 is 1.05 bits per heavy atom. The smallest absolute Gasteiger partial charge is 0.137 e. The molecule has 12 rings (SSSR count). The Morgan fingerprint density at radius 3 is 1.82 bits per heavy atom. The average molecular weight is 798 g/mol. The molecule has 0 aliphatic carbocycles. The first-order valence-corrected chi connectivity index (χ1v) is 20.8. The van der Waals surface area contributed by atoms with Crippen molar-refractivity contribution >= 4 is 55.3 Å². The van der Waals surface area contributed by atoms with Gasteiger partial charge in [0.25, 0.3) is 0 Å². The predicted molar refractivity (Wildman–Crippen MR) is 260 cm³/mol. The molecular formula is C58H40N4. The third-order valence-electron chi connectivity index (χ3n) is 12.1. The van der Waals surface area contributed by atoms with Gasteiger partial charge in [-0.3, -0.25) is 4.57 Å². The minimum Gasteiger partial charge on any atom is -0.321 e. The van der Waals surface area contributed by atoms with E-state index in [2.05, 4.69) is 136 Å². The van der Waals surface area contributed by atoms with Crippen molar-refractivity contribution in [3.63, 3.8) is 0 Å². The minimum atomic E-state index is -0.417. The fraction of sp³-hybridized carbons (Fsp3) is 0.0172. The SMILES string of the molecule is [2H]c1c([2H])c([2H])c(-c2cccc(-c3ccccc3)c2N2CN(c3cccc(-c4cc5ccccc5cc4-c4ccc5c6ccccc6n(-c6ccccn6)c5c4)c3)c3ccccc32)c([2H])c1[2H]. The van der Waals surface area contributed by atoms with Gasteiger partial charge in [0.15, 0.2) is 0 Å². The van der Waals surface area contributed by atoms with Crippen LogP contribution in [0.15, 0.2) is 231 Å². The van der Waals surface area contributed by atoms with Crippen LogP contribution in [0.25, 0.3) is 82.9 Å². The van der Waals surface area contributed by atoms with Gasteiger partial charge in [-0.2, -0.15) is 0 Å². The molecule has 0 saturated carbocycles. The Balaban J connectivity index is 1.02. The summed E-state index contributed by atoms with van der Waals surface area (Å²) in [5.74, 6) is 0.865. The number of fused-ring (bicyclic) bond motifs is 5. The lowest BCUT2D eigenvalue weighted by Crippen LogP contribution is -2.25. The molecule has 4 nitrogen and oxygen atoms in total. The molecule has 0 spiro atoms. The topological polar surface area (TPSA) is 24.3 Å². The van der Waals surface area contributed by atoms with Gasteiger partial charge < -0.3 is 9.80 Å². The Hall–Kier alpha value is -8.21. The molecule has 4 heteroatoms. The molecule has 292 valence electrons. The van der Waals surface area contributed by atoms with Crippen molar-refractivity contribution in [1.82, 2.24) is 9.55 Å². The van der Waals surface area contributed by atoms with E-state index in [4.69, 9.17) is 11.8 Å². The number of hydrogen-bond acceptors (Lipinski definition) is 3. The van der Waals surface area contributed by atoms with Crippen molar-refractivity contribution in [3.05, 3.63) is 231 Å². The summed E-state index contributed by atoms with van der Waals surface area (Å²) in [4.78, 5) is 9.31. The zero-order chi connectivity index (χ0) is 45.3. The monoisotopic (exact) mass is 797 g/mol. The lowest BCUT2D eigenvalue weighted by Gasteiger charge is -2.27. The second-order valence-corrected chi connectivity index (χ2v) is 15.6. The minimum absolute atomic E-state index is 0.166. The van der Waals surface area contributed by atoms with Gasteiger partial charge in [-0.05, 0) is 105 Å². The predicted octanol–water partition coefficient (Wildman–Crippen LogP) is 15.2.